The number of aryl methyl sites for hydroxylation is 1. The summed E-state index contributed by atoms with van der Waals surface area (Å²) >= 11 is 0. The Morgan fingerprint density at radius 2 is 1.68 bits per heavy atom. The lowest BCUT2D eigenvalue weighted by molar-refractivity contribution is 0.102. The van der Waals surface area contributed by atoms with Gasteiger partial charge in [-0.15, -0.1) is 0 Å². The van der Waals surface area contributed by atoms with Crippen molar-refractivity contribution < 1.29 is 4.79 Å². The van der Waals surface area contributed by atoms with Gasteiger partial charge in [-0.3, -0.25) is 4.79 Å². The molecule has 1 atom stereocenters. The standard InChI is InChI=1S/C21H19N3O/c1-15-14-24(16(2)17-9-5-3-6-10-17)20(19(15)13-22)23-21(25)18-11-7-4-8-12-18/h3-12,14,16H,1-2H3,(H,23,25). The lowest BCUT2D eigenvalue weighted by Gasteiger charge is -2.18. The van der Waals surface area contributed by atoms with Gasteiger partial charge >= 0.3 is 0 Å². The molecule has 124 valence electrons. The molecule has 0 saturated carbocycles. The van der Waals surface area contributed by atoms with Crippen LogP contribution in [0.4, 0.5) is 5.82 Å². The van der Waals surface area contributed by atoms with Crippen molar-refractivity contribution in [1.82, 2.24) is 4.57 Å². The van der Waals surface area contributed by atoms with E-state index in [4.69, 9.17) is 0 Å². The Morgan fingerprint density at radius 1 is 1.08 bits per heavy atom. The van der Waals surface area contributed by atoms with Crippen molar-refractivity contribution in [2.75, 3.05) is 5.32 Å². The molecule has 1 amide bonds. The third kappa shape index (κ3) is 3.31. The Morgan fingerprint density at radius 3 is 2.28 bits per heavy atom. The first-order chi connectivity index (χ1) is 12.1. The first-order valence-corrected chi connectivity index (χ1v) is 8.14. The Labute approximate surface area is 147 Å². The highest BCUT2D eigenvalue weighted by atomic mass is 16.1. The highest BCUT2D eigenvalue weighted by Crippen LogP contribution is 2.29. The molecule has 0 spiro atoms. The van der Waals surface area contributed by atoms with E-state index in [1.165, 1.54) is 0 Å². The maximum absolute atomic E-state index is 12.6. The number of nitrogens with zero attached hydrogens (tertiary/aromatic N) is 2. The number of hydrogen-bond donors (Lipinski definition) is 1. The van der Waals surface area contributed by atoms with E-state index in [9.17, 15) is 10.1 Å². The molecule has 1 aromatic heterocycles. The predicted octanol–water partition coefficient (Wildman–Crippen LogP) is 4.53. The molecule has 0 radical (unpaired) electrons. The van der Waals surface area contributed by atoms with Crippen LogP contribution in [0.5, 0.6) is 0 Å². The fourth-order valence-corrected chi connectivity index (χ4v) is 2.89. The van der Waals surface area contributed by atoms with Crippen molar-refractivity contribution >= 4 is 11.7 Å². The van der Waals surface area contributed by atoms with Gasteiger partial charge in [0.25, 0.3) is 5.91 Å². The molecule has 0 aliphatic carbocycles. The number of benzene rings is 2. The number of nitriles is 1. The zero-order valence-corrected chi connectivity index (χ0v) is 14.2. The maximum Gasteiger partial charge on any atom is 0.256 e. The van der Waals surface area contributed by atoms with Crippen LogP contribution in [0.3, 0.4) is 0 Å². The van der Waals surface area contributed by atoms with E-state index in [1.807, 2.05) is 73.1 Å². The molecule has 4 heteroatoms. The van der Waals surface area contributed by atoms with E-state index in [-0.39, 0.29) is 11.9 Å². The Bertz CT molecular complexity index is 921. The monoisotopic (exact) mass is 329 g/mol. The molecule has 0 aliphatic heterocycles. The van der Waals surface area contributed by atoms with E-state index in [1.54, 1.807) is 12.1 Å². The smallest absolute Gasteiger partial charge is 0.256 e. The number of carbonyl (C=O) groups excluding carboxylic acids is 1. The van der Waals surface area contributed by atoms with Crippen LogP contribution in [-0.4, -0.2) is 10.5 Å². The van der Waals surface area contributed by atoms with Gasteiger partial charge in [0, 0.05) is 11.8 Å². The van der Waals surface area contributed by atoms with Crippen molar-refractivity contribution in [3.63, 3.8) is 0 Å². The number of aromatic nitrogens is 1. The SMILES string of the molecule is Cc1cn(C(C)c2ccccc2)c(NC(=O)c2ccccc2)c1C#N. The largest absolute Gasteiger partial charge is 0.326 e. The second-order valence-corrected chi connectivity index (χ2v) is 5.96. The summed E-state index contributed by atoms with van der Waals surface area (Å²) in [7, 11) is 0. The summed E-state index contributed by atoms with van der Waals surface area (Å²) in [6, 6.07) is 21.2. The molecular weight excluding hydrogens is 310 g/mol. The van der Waals surface area contributed by atoms with E-state index in [0.29, 0.717) is 16.9 Å². The molecule has 1 heterocycles. The molecule has 4 nitrogen and oxygen atoms in total. The van der Waals surface area contributed by atoms with Crippen molar-refractivity contribution in [3.05, 3.63) is 89.1 Å². The Hall–Kier alpha value is -3.32. The number of carbonyl (C=O) groups is 1. The van der Waals surface area contributed by atoms with Crippen molar-refractivity contribution in [2.45, 2.75) is 19.9 Å². The third-order valence-electron chi connectivity index (χ3n) is 4.30. The molecule has 1 N–H and O–H groups in total. The summed E-state index contributed by atoms with van der Waals surface area (Å²) in [4.78, 5) is 12.6. The van der Waals surface area contributed by atoms with E-state index < -0.39 is 0 Å². The van der Waals surface area contributed by atoms with E-state index >= 15 is 0 Å². The van der Waals surface area contributed by atoms with Crippen molar-refractivity contribution in [3.8, 4) is 6.07 Å². The van der Waals surface area contributed by atoms with Gasteiger partial charge in [-0.25, -0.2) is 0 Å². The van der Waals surface area contributed by atoms with Crippen LogP contribution >= 0.6 is 0 Å². The van der Waals surface area contributed by atoms with Gasteiger partial charge in [-0.05, 0) is 37.1 Å². The van der Waals surface area contributed by atoms with E-state index in [2.05, 4.69) is 11.4 Å². The molecule has 1 unspecified atom stereocenters. The van der Waals surface area contributed by atoms with Gasteiger partial charge in [-0.2, -0.15) is 5.26 Å². The zero-order valence-electron chi connectivity index (χ0n) is 14.2. The van der Waals surface area contributed by atoms with Gasteiger partial charge in [0.2, 0.25) is 0 Å². The molecule has 0 aliphatic rings. The van der Waals surface area contributed by atoms with Gasteiger partial charge in [0.05, 0.1) is 11.6 Å². The van der Waals surface area contributed by atoms with Crippen LogP contribution < -0.4 is 5.32 Å². The fraction of sp³-hybridized carbons (Fsp3) is 0.143. The van der Waals surface area contributed by atoms with Crippen molar-refractivity contribution in [1.29, 1.82) is 5.26 Å². The third-order valence-corrected chi connectivity index (χ3v) is 4.30. The number of nitrogens with one attached hydrogen (secondary N) is 1. The number of anilines is 1. The molecule has 3 rings (SSSR count). The maximum atomic E-state index is 12.6. The highest BCUT2D eigenvalue weighted by molar-refractivity contribution is 6.04. The normalized spacial score (nSPS) is 11.6. The minimum Gasteiger partial charge on any atom is -0.326 e. The van der Waals surface area contributed by atoms with Gasteiger partial charge in [-0.1, -0.05) is 48.5 Å². The second-order valence-electron chi connectivity index (χ2n) is 5.96. The number of rotatable bonds is 4. The first kappa shape index (κ1) is 16.5. The van der Waals surface area contributed by atoms with Crippen LogP contribution in [0.25, 0.3) is 0 Å². The quantitative estimate of drug-likeness (QED) is 0.764. The molecular formula is C21H19N3O. The Kier molecular flexibility index (Phi) is 4.67. The summed E-state index contributed by atoms with van der Waals surface area (Å²) in [6.45, 7) is 3.93. The summed E-state index contributed by atoms with van der Waals surface area (Å²) in [5.74, 6) is 0.307. The van der Waals surface area contributed by atoms with Gasteiger partial charge < -0.3 is 9.88 Å². The van der Waals surface area contributed by atoms with Crippen LogP contribution in [0.15, 0.2) is 66.9 Å². The second kappa shape index (κ2) is 7.06. The minimum atomic E-state index is -0.225. The van der Waals surface area contributed by atoms with Crippen LogP contribution in [-0.2, 0) is 0 Å². The zero-order chi connectivity index (χ0) is 17.8. The topological polar surface area (TPSA) is 57.8 Å². The molecule has 0 saturated heterocycles. The molecule has 2 aromatic carbocycles. The molecule has 3 aromatic rings. The van der Waals surface area contributed by atoms with E-state index in [0.717, 1.165) is 11.1 Å². The molecule has 0 fully saturated rings. The summed E-state index contributed by atoms with van der Waals surface area (Å²) in [6.07, 6.45) is 1.91. The van der Waals surface area contributed by atoms with Crippen LogP contribution in [0.2, 0.25) is 0 Å². The van der Waals surface area contributed by atoms with Gasteiger partial charge in [0.15, 0.2) is 0 Å². The predicted molar refractivity (Wildman–Crippen MR) is 98.5 cm³/mol. The summed E-state index contributed by atoms with van der Waals surface area (Å²) in [5, 5.41) is 12.5. The lowest BCUT2D eigenvalue weighted by Crippen LogP contribution is -2.17. The number of hydrogen-bond acceptors (Lipinski definition) is 2. The fourth-order valence-electron chi connectivity index (χ4n) is 2.89. The summed E-state index contributed by atoms with van der Waals surface area (Å²) < 4.78 is 1.95. The lowest BCUT2D eigenvalue weighted by atomic mass is 10.1. The van der Waals surface area contributed by atoms with Gasteiger partial charge in [0.1, 0.15) is 11.9 Å². The molecule has 25 heavy (non-hydrogen) atoms. The Balaban J connectivity index is 2.01. The highest BCUT2D eigenvalue weighted by Gasteiger charge is 2.20. The average Bonchev–Trinajstić information content (AvgIpc) is 2.97. The molecule has 0 bridgehead atoms. The minimum absolute atomic E-state index is 0.00641. The summed E-state index contributed by atoms with van der Waals surface area (Å²) in [5.41, 5.74) is 3.00. The number of amides is 1. The first-order valence-electron chi connectivity index (χ1n) is 8.14. The van der Waals surface area contributed by atoms with Crippen LogP contribution in [0.1, 0.15) is 40.0 Å². The van der Waals surface area contributed by atoms with Crippen molar-refractivity contribution in [2.24, 2.45) is 0 Å². The average molecular weight is 329 g/mol. The van der Waals surface area contributed by atoms with Crippen LogP contribution in [0, 0.1) is 18.3 Å².